The number of carbonyl (C=O) groups is 2. The summed E-state index contributed by atoms with van der Waals surface area (Å²) in [5, 5.41) is 8.96. The number of aliphatic carboxylic acids is 1. The van der Waals surface area contributed by atoms with Crippen molar-refractivity contribution in [3.05, 3.63) is 29.8 Å². The number of carboxylic acids is 1. The Balaban J connectivity index is 2.04. The highest BCUT2D eigenvalue weighted by Gasteiger charge is 2.22. The Hall–Kier alpha value is -2.08. The number of rotatable bonds is 8. The molecule has 1 aromatic carbocycles. The number of piperazine rings is 1. The number of hydrogen-bond acceptors (Lipinski definition) is 4. The van der Waals surface area contributed by atoms with Gasteiger partial charge in [-0.05, 0) is 51.5 Å². The molecular weight excluding hydrogens is 342 g/mol. The van der Waals surface area contributed by atoms with Gasteiger partial charge >= 0.3 is 5.97 Å². The summed E-state index contributed by atoms with van der Waals surface area (Å²) in [6, 6.07) is 8.32. The van der Waals surface area contributed by atoms with Crippen molar-refractivity contribution in [2.24, 2.45) is 0 Å². The average molecular weight is 376 g/mol. The Kier molecular flexibility index (Phi) is 7.66. The molecule has 1 fully saturated rings. The van der Waals surface area contributed by atoms with Gasteiger partial charge < -0.3 is 14.9 Å². The minimum Gasteiger partial charge on any atom is -0.481 e. The standard InChI is InChI=1S/C21H33N3O3/c1-5-17(4)24(11-10-20(25)26)21(27)18-6-8-19(9-7-18)23-14-12-22(13-15-23)16(2)3/h6-9,16-17H,5,10-15H2,1-4H3,(H,25,26)/t17-/m0/s1. The van der Waals surface area contributed by atoms with Gasteiger partial charge in [0.15, 0.2) is 0 Å². The summed E-state index contributed by atoms with van der Waals surface area (Å²) >= 11 is 0. The number of amides is 1. The minimum absolute atomic E-state index is 0.0145. The van der Waals surface area contributed by atoms with E-state index in [0.717, 1.165) is 38.3 Å². The topological polar surface area (TPSA) is 64.1 Å². The SMILES string of the molecule is CC[C@H](C)N(CCC(=O)O)C(=O)c1ccc(N2CCN(C(C)C)CC2)cc1. The fourth-order valence-corrected chi connectivity index (χ4v) is 3.44. The van der Waals surface area contributed by atoms with E-state index in [4.69, 9.17) is 5.11 Å². The van der Waals surface area contributed by atoms with Crippen molar-refractivity contribution < 1.29 is 14.7 Å². The first kappa shape index (κ1) is 21.2. The zero-order chi connectivity index (χ0) is 20.0. The van der Waals surface area contributed by atoms with Crippen LogP contribution >= 0.6 is 0 Å². The monoisotopic (exact) mass is 375 g/mol. The van der Waals surface area contributed by atoms with Crippen molar-refractivity contribution in [3.8, 4) is 0 Å². The molecule has 0 bridgehead atoms. The summed E-state index contributed by atoms with van der Waals surface area (Å²) < 4.78 is 0. The van der Waals surface area contributed by atoms with Crippen LogP contribution in [0.5, 0.6) is 0 Å². The van der Waals surface area contributed by atoms with Crippen molar-refractivity contribution in [1.82, 2.24) is 9.80 Å². The van der Waals surface area contributed by atoms with Gasteiger partial charge in [0.05, 0.1) is 6.42 Å². The van der Waals surface area contributed by atoms with Gasteiger partial charge in [-0.15, -0.1) is 0 Å². The Morgan fingerprint density at radius 1 is 1.07 bits per heavy atom. The first-order chi connectivity index (χ1) is 12.8. The fourth-order valence-electron chi connectivity index (χ4n) is 3.44. The van der Waals surface area contributed by atoms with Crippen molar-refractivity contribution in [2.75, 3.05) is 37.6 Å². The molecule has 2 rings (SSSR count). The molecule has 1 N–H and O–H groups in total. The van der Waals surface area contributed by atoms with E-state index in [9.17, 15) is 9.59 Å². The molecule has 1 aliphatic rings. The fraction of sp³-hybridized carbons (Fsp3) is 0.619. The van der Waals surface area contributed by atoms with Gasteiger partial charge in [0.25, 0.3) is 5.91 Å². The van der Waals surface area contributed by atoms with Crippen molar-refractivity contribution >= 4 is 17.6 Å². The van der Waals surface area contributed by atoms with Crippen molar-refractivity contribution in [1.29, 1.82) is 0 Å². The Bertz CT molecular complexity index is 622. The van der Waals surface area contributed by atoms with Gasteiger partial charge in [-0.1, -0.05) is 6.92 Å². The Morgan fingerprint density at radius 3 is 2.15 bits per heavy atom. The van der Waals surface area contributed by atoms with Crippen LogP contribution in [0.4, 0.5) is 5.69 Å². The number of nitrogens with zero attached hydrogens (tertiary/aromatic N) is 3. The van der Waals surface area contributed by atoms with Crippen molar-refractivity contribution in [3.63, 3.8) is 0 Å². The van der Waals surface area contributed by atoms with Gasteiger partial charge in [0, 0.05) is 56.1 Å². The first-order valence-electron chi connectivity index (χ1n) is 9.95. The number of anilines is 1. The van der Waals surface area contributed by atoms with Gasteiger partial charge in [0.1, 0.15) is 0 Å². The van der Waals surface area contributed by atoms with Crippen molar-refractivity contribution in [2.45, 2.75) is 52.6 Å². The van der Waals surface area contributed by atoms with Gasteiger partial charge in [-0.25, -0.2) is 0 Å². The molecule has 27 heavy (non-hydrogen) atoms. The normalized spacial score (nSPS) is 16.4. The lowest BCUT2D eigenvalue weighted by atomic mass is 10.1. The lowest BCUT2D eigenvalue weighted by Crippen LogP contribution is -2.48. The van der Waals surface area contributed by atoms with E-state index in [1.165, 1.54) is 0 Å². The molecule has 0 unspecified atom stereocenters. The van der Waals surface area contributed by atoms with Gasteiger partial charge in [-0.2, -0.15) is 0 Å². The Morgan fingerprint density at radius 2 is 1.67 bits per heavy atom. The van der Waals surface area contributed by atoms with E-state index in [1.54, 1.807) is 4.90 Å². The molecule has 1 amide bonds. The zero-order valence-corrected chi connectivity index (χ0v) is 17.0. The largest absolute Gasteiger partial charge is 0.481 e. The first-order valence-corrected chi connectivity index (χ1v) is 9.95. The van der Waals surface area contributed by atoms with Crippen LogP contribution < -0.4 is 4.90 Å². The summed E-state index contributed by atoms with van der Waals surface area (Å²) in [4.78, 5) is 30.3. The zero-order valence-electron chi connectivity index (χ0n) is 17.0. The molecule has 0 radical (unpaired) electrons. The summed E-state index contributed by atoms with van der Waals surface area (Å²) in [6.07, 6.45) is 0.762. The predicted molar refractivity (Wildman–Crippen MR) is 108 cm³/mol. The number of carbonyl (C=O) groups excluding carboxylic acids is 1. The maximum atomic E-state index is 12.9. The van der Waals surface area contributed by atoms with Gasteiger partial charge in [0.2, 0.25) is 0 Å². The molecule has 6 nitrogen and oxygen atoms in total. The van der Waals surface area contributed by atoms with Crippen LogP contribution in [-0.4, -0.2) is 71.6 Å². The molecule has 1 atom stereocenters. The highest BCUT2D eigenvalue weighted by Crippen LogP contribution is 2.20. The predicted octanol–water partition coefficient (Wildman–Crippen LogP) is 2.93. The highest BCUT2D eigenvalue weighted by atomic mass is 16.4. The summed E-state index contributed by atoms with van der Waals surface area (Å²) in [6.45, 7) is 12.7. The maximum Gasteiger partial charge on any atom is 0.305 e. The van der Waals surface area contributed by atoms with Gasteiger partial charge in [-0.3, -0.25) is 14.5 Å². The van der Waals surface area contributed by atoms with E-state index in [-0.39, 0.29) is 24.9 Å². The second-order valence-corrected chi connectivity index (χ2v) is 7.56. The minimum atomic E-state index is -0.882. The van der Waals surface area contributed by atoms with E-state index in [2.05, 4.69) is 23.6 Å². The third kappa shape index (κ3) is 5.70. The highest BCUT2D eigenvalue weighted by molar-refractivity contribution is 5.95. The second kappa shape index (κ2) is 9.74. The van der Waals surface area contributed by atoms with Crippen LogP contribution in [-0.2, 0) is 4.79 Å². The van der Waals surface area contributed by atoms with Crippen LogP contribution in [0, 0.1) is 0 Å². The Labute approximate surface area is 162 Å². The lowest BCUT2D eigenvalue weighted by molar-refractivity contribution is -0.137. The third-order valence-electron chi connectivity index (χ3n) is 5.47. The smallest absolute Gasteiger partial charge is 0.305 e. The molecule has 0 saturated carbocycles. The number of hydrogen-bond donors (Lipinski definition) is 1. The molecule has 0 aromatic heterocycles. The molecule has 1 heterocycles. The van der Waals surface area contributed by atoms with E-state index >= 15 is 0 Å². The summed E-state index contributed by atoms with van der Waals surface area (Å²) in [5.41, 5.74) is 1.75. The molecule has 6 heteroatoms. The third-order valence-corrected chi connectivity index (χ3v) is 5.47. The number of benzene rings is 1. The van der Waals surface area contributed by atoms with Crippen LogP contribution in [0.1, 0.15) is 50.9 Å². The van der Waals surface area contributed by atoms with Crippen LogP contribution in [0.2, 0.25) is 0 Å². The molecule has 150 valence electrons. The molecule has 1 aromatic rings. The molecule has 0 aliphatic carbocycles. The quantitative estimate of drug-likeness (QED) is 0.757. The van der Waals surface area contributed by atoms with Crippen LogP contribution in [0.3, 0.4) is 0 Å². The second-order valence-electron chi connectivity index (χ2n) is 7.56. The average Bonchev–Trinajstić information content (AvgIpc) is 2.67. The van der Waals surface area contributed by atoms with E-state index in [1.807, 2.05) is 38.1 Å². The lowest BCUT2D eigenvalue weighted by Gasteiger charge is -2.38. The van der Waals surface area contributed by atoms with E-state index < -0.39 is 5.97 Å². The molecular formula is C21H33N3O3. The molecule has 1 saturated heterocycles. The summed E-state index contributed by atoms with van der Waals surface area (Å²) in [7, 11) is 0. The molecule has 1 aliphatic heterocycles. The summed E-state index contributed by atoms with van der Waals surface area (Å²) in [5.74, 6) is -0.978. The molecule has 0 spiro atoms. The number of carboxylic acid groups (broad SMARTS) is 1. The van der Waals surface area contributed by atoms with Crippen LogP contribution in [0.15, 0.2) is 24.3 Å². The maximum absolute atomic E-state index is 12.9. The van der Waals surface area contributed by atoms with Crippen LogP contribution in [0.25, 0.3) is 0 Å². The van der Waals surface area contributed by atoms with E-state index in [0.29, 0.717) is 11.6 Å².